The average molecular weight is 199 g/mol. The molecule has 0 radical (unpaired) electrons. The van der Waals surface area contributed by atoms with Crippen LogP contribution in [0.5, 0.6) is 0 Å². The third-order valence-corrected chi connectivity index (χ3v) is 2.74. The van der Waals surface area contributed by atoms with E-state index in [1.165, 1.54) is 0 Å². The highest BCUT2D eigenvalue weighted by atomic mass is 16.5. The summed E-state index contributed by atoms with van der Waals surface area (Å²) in [6, 6.07) is 0.298. The predicted molar refractivity (Wildman–Crippen MR) is 56.1 cm³/mol. The minimum Gasteiger partial charge on any atom is -0.378 e. The van der Waals surface area contributed by atoms with Gasteiger partial charge in [-0.15, -0.1) is 0 Å². The first kappa shape index (κ1) is 11.5. The zero-order chi connectivity index (χ0) is 10.4. The summed E-state index contributed by atoms with van der Waals surface area (Å²) in [4.78, 5) is 11.4. The van der Waals surface area contributed by atoms with Gasteiger partial charge in [0.1, 0.15) is 0 Å². The first-order valence-electron chi connectivity index (χ1n) is 5.63. The van der Waals surface area contributed by atoms with Gasteiger partial charge in [0.05, 0.1) is 6.10 Å². The molecule has 0 unspecified atom stereocenters. The van der Waals surface area contributed by atoms with Gasteiger partial charge in [0.15, 0.2) is 0 Å². The lowest BCUT2D eigenvalue weighted by Crippen LogP contribution is -2.32. The number of rotatable bonds is 5. The molecule has 1 amide bonds. The molecule has 0 spiro atoms. The summed E-state index contributed by atoms with van der Waals surface area (Å²) < 4.78 is 5.45. The third-order valence-electron chi connectivity index (χ3n) is 2.74. The molecule has 82 valence electrons. The Kier molecular flexibility index (Phi) is 4.94. The summed E-state index contributed by atoms with van der Waals surface area (Å²) in [6.45, 7) is 4.98. The lowest BCUT2D eigenvalue weighted by molar-refractivity contribution is -0.122. The van der Waals surface area contributed by atoms with Gasteiger partial charge in [-0.05, 0) is 32.6 Å². The van der Waals surface area contributed by atoms with Crippen LogP contribution in [0.2, 0.25) is 0 Å². The molecule has 1 heterocycles. The third kappa shape index (κ3) is 4.09. The molecule has 0 aliphatic carbocycles. The number of hydrogen-bond donors (Lipinski definition) is 1. The molecule has 0 bridgehead atoms. The standard InChI is InChI=1S/C11H21NO2/c1-3-9(2)12-11(13)7-6-10-5-4-8-14-10/h9-10H,3-8H2,1-2H3,(H,12,13)/t9-,10-/m1/s1. The predicted octanol–water partition coefficient (Wildman–Crippen LogP) is 1.86. The molecule has 3 nitrogen and oxygen atoms in total. The molecule has 1 saturated heterocycles. The van der Waals surface area contributed by atoms with Crippen molar-refractivity contribution >= 4 is 5.91 Å². The summed E-state index contributed by atoms with van der Waals surface area (Å²) in [6.07, 6.45) is 5.08. The molecule has 3 heteroatoms. The van der Waals surface area contributed by atoms with Crippen LogP contribution >= 0.6 is 0 Å². The van der Waals surface area contributed by atoms with Gasteiger partial charge in [0.2, 0.25) is 5.91 Å². The van der Waals surface area contributed by atoms with Crippen molar-refractivity contribution in [2.75, 3.05) is 6.61 Å². The van der Waals surface area contributed by atoms with Crippen molar-refractivity contribution in [1.82, 2.24) is 5.32 Å². The number of hydrogen-bond acceptors (Lipinski definition) is 2. The minimum absolute atomic E-state index is 0.162. The minimum atomic E-state index is 0.162. The van der Waals surface area contributed by atoms with Crippen molar-refractivity contribution in [1.29, 1.82) is 0 Å². The highest BCUT2D eigenvalue weighted by Crippen LogP contribution is 2.16. The van der Waals surface area contributed by atoms with E-state index >= 15 is 0 Å². The fourth-order valence-corrected chi connectivity index (χ4v) is 1.61. The Morgan fingerprint density at radius 1 is 1.64 bits per heavy atom. The molecule has 1 aliphatic rings. The van der Waals surface area contributed by atoms with Crippen LogP contribution < -0.4 is 5.32 Å². The van der Waals surface area contributed by atoms with Crippen molar-refractivity contribution in [2.45, 2.75) is 58.1 Å². The van der Waals surface area contributed by atoms with Gasteiger partial charge >= 0.3 is 0 Å². The highest BCUT2D eigenvalue weighted by molar-refractivity contribution is 5.76. The topological polar surface area (TPSA) is 38.3 Å². The Labute approximate surface area is 86.2 Å². The smallest absolute Gasteiger partial charge is 0.220 e. The SMILES string of the molecule is CC[C@@H](C)NC(=O)CC[C@H]1CCCO1. The monoisotopic (exact) mass is 199 g/mol. The molecule has 0 aromatic rings. The Morgan fingerprint density at radius 2 is 2.43 bits per heavy atom. The molecule has 0 aromatic carbocycles. The Bertz CT molecular complexity index is 176. The maximum Gasteiger partial charge on any atom is 0.220 e. The maximum atomic E-state index is 11.4. The number of carbonyl (C=O) groups is 1. The van der Waals surface area contributed by atoms with Crippen molar-refractivity contribution in [3.05, 3.63) is 0 Å². The number of carbonyl (C=O) groups excluding carboxylic acids is 1. The number of nitrogens with one attached hydrogen (secondary N) is 1. The van der Waals surface area contributed by atoms with Crippen LogP contribution in [-0.2, 0) is 9.53 Å². The van der Waals surface area contributed by atoms with E-state index in [0.717, 1.165) is 32.3 Å². The number of ether oxygens (including phenoxy) is 1. The second-order valence-electron chi connectivity index (χ2n) is 4.05. The van der Waals surface area contributed by atoms with Crippen LogP contribution in [0.4, 0.5) is 0 Å². The van der Waals surface area contributed by atoms with Gasteiger partial charge in [-0.3, -0.25) is 4.79 Å². The van der Waals surface area contributed by atoms with Crippen molar-refractivity contribution in [3.63, 3.8) is 0 Å². The summed E-state index contributed by atoms with van der Waals surface area (Å²) in [7, 11) is 0. The van der Waals surface area contributed by atoms with E-state index in [-0.39, 0.29) is 5.91 Å². The van der Waals surface area contributed by atoms with E-state index in [4.69, 9.17) is 4.74 Å². The summed E-state index contributed by atoms with van der Waals surface area (Å²) in [5, 5.41) is 2.96. The van der Waals surface area contributed by atoms with Gasteiger partial charge in [0, 0.05) is 19.1 Å². The Balaban J connectivity index is 2.08. The normalized spacial score (nSPS) is 23.4. The summed E-state index contributed by atoms with van der Waals surface area (Å²) in [5.41, 5.74) is 0. The van der Waals surface area contributed by atoms with Gasteiger partial charge in [0.25, 0.3) is 0 Å². The van der Waals surface area contributed by atoms with Crippen molar-refractivity contribution in [3.8, 4) is 0 Å². The molecule has 1 N–H and O–H groups in total. The average Bonchev–Trinajstić information content (AvgIpc) is 2.67. The number of amides is 1. The zero-order valence-electron chi connectivity index (χ0n) is 9.21. The largest absolute Gasteiger partial charge is 0.378 e. The molecular formula is C11H21NO2. The molecule has 1 rings (SSSR count). The van der Waals surface area contributed by atoms with Gasteiger partial charge in [-0.25, -0.2) is 0 Å². The second-order valence-corrected chi connectivity index (χ2v) is 4.05. The lowest BCUT2D eigenvalue weighted by atomic mass is 10.1. The lowest BCUT2D eigenvalue weighted by Gasteiger charge is -2.12. The van der Waals surface area contributed by atoms with Crippen LogP contribution in [0.15, 0.2) is 0 Å². The van der Waals surface area contributed by atoms with Gasteiger partial charge in [-0.1, -0.05) is 6.92 Å². The highest BCUT2D eigenvalue weighted by Gasteiger charge is 2.16. The molecular weight excluding hydrogens is 178 g/mol. The molecule has 0 aromatic heterocycles. The molecule has 0 saturated carbocycles. The second kappa shape index (κ2) is 6.02. The van der Waals surface area contributed by atoms with Crippen LogP contribution in [0.25, 0.3) is 0 Å². The van der Waals surface area contributed by atoms with Crippen molar-refractivity contribution in [2.24, 2.45) is 0 Å². The van der Waals surface area contributed by atoms with E-state index in [9.17, 15) is 4.79 Å². The van der Waals surface area contributed by atoms with Crippen LogP contribution in [-0.4, -0.2) is 24.7 Å². The van der Waals surface area contributed by atoms with E-state index < -0.39 is 0 Å². The quantitative estimate of drug-likeness (QED) is 0.734. The molecule has 14 heavy (non-hydrogen) atoms. The Morgan fingerprint density at radius 3 is 3.00 bits per heavy atom. The molecule has 1 fully saturated rings. The summed E-state index contributed by atoms with van der Waals surface area (Å²) >= 11 is 0. The van der Waals surface area contributed by atoms with E-state index in [2.05, 4.69) is 12.2 Å². The van der Waals surface area contributed by atoms with E-state index in [0.29, 0.717) is 18.6 Å². The van der Waals surface area contributed by atoms with E-state index in [1.807, 2.05) is 6.92 Å². The summed E-state index contributed by atoms with van der Waals surface area (Å²) in [5.74, 6) is 0.162. The first-order valence-corrected chi connectivity index (χ1v) is 5.63. The molecule has 1 aliphatic heterocycles. The maximum absolute atomic E-state index is 11.4. The first-order chi connectivity index (χ1) is 6.72. The van der Waals surface area contributed by atoms with Crippen molar-refractivity contribution < 1.29 is 9.53 Å². The van der Waals surface area contributed by atoms with Crippen LogP contribution in [0.1, 0.15) is 46.0 Å². The zero-order valence-corrected chi connectivity index (χ0v) is 9.21. The fraction of sp³-hybridized carbons (Fsp3) is 0.909. The van der Waals surface area contributed by atoms with E-state index in [1.54, 1.807) is 0 Å². The van der Waals surface area contributed by atoms with Crippen LogP contribution in [0.3, 0.4) is 0 Å². The fourth-order valence-electron chi connectivity index (χ4n) is 1.61. The van der Waals surface area contributed by atoms with Crippen LogP contribution in [0, 0.1) is 0 Å². The van der Waals surface area contributed by atoms with Gasteiger partial charge in [-0.2, -0.15) is 0 Å². The van der Waals surface area contributed by atoms with Gasteiger partial charge < -0.3 is 10.1 Å². The molecule has 2 atom stereocenters. The Hall–Kier alpha value is -0.570.